The second kappa shape index (κ2) is 3.38. The van der Waals surface area contributed by atoms with E-state index in [0.717, 1.165) is 4.70 Å². The monoisotopic (exact) mass is 210 g/mol. The fraction of sp³-hybridized carbons (Fsp3) is 0.200. The lowest BCUT2D eigenvalue weighted by Crippen LogP contribution is -1.90. The molecule has 0 atom stereocenters. The Morgan fingerprint density at radius 1 is 1.29 bits per heavy atom. The summed E-state index contributed by atoms with van der Waals surface area (Å²) in [5.74, 6) is 0.766. The maximum Gasteiger partial charge on any atom is 0.172 e. The Morgan fingerprint density at radius 2 is 2.07 bits per heavy atom. The van der Waals surface area contributed by atoms with Crippen molar-refractivity contribution in [2.24, 2.45) is 0 Å². The molecule has 1 heterocycles. The van der Waals surface area contributed by atoms with Crippen LogP contribution < -0.4 is 4.74 Å². The van der Waals surface area contributed by atoms with Crippen molar-refractivity contribution in [2.75, 3.05) is 6.61 Å². The third-order valence-corrected chi connectivity index (χ3v) is 2.77. The highest BCUT2D eigenvalue weighted by atomic mass is 32.1. The molecule has 0 bridgehead atoms. The van der Waals surface area contributed by atoms with E-state index in [0.29, 0.717) is 17.7 Å². The number of aromatic hydroxyl groups is 2. The van der Waals surface area contributed by atoms with Crippen molar-refractivity contribution in [3.8, 4) is 16.6 Å². The molecule has 2 N–H and O–H groups in total. The Kier molecular flexibility index (Phi) is 2.21. The van der Waals surface area contributed by atoms with Gasteiger partial charge in [0.05, 0.1) is 6.61 Å². The molecule has 0 fully saturated rings. The Labute approximate surface area is 85.2 Å². The van der Waals surface area contributed by atoms with Crippen LogP contribution in [0.25, 0.3) is 10.1 Å². The third-order valence-electron chi connectivity index (χ3n) is 1.89. The fourth-order valence-corrected chi connectivity index (χ4v) is 2.18. The summed E-state index contributed by atoms with van der Waals surface area (Å²) in [6, 6.07) is 4.91. The maximum absolute atomic E-state index is 9.61. The van der Waals surface area contributed by atoms with Crippen LogP contribution >= 0.6 is 11.3 Å². The minimum absolute atomic E-state index is 0.141. The summed E-state index contributed by atoms with van der Waals surface area (Å²) >= 11 is 1.22. The van der Waals surface area contributed by atoms with Gasteiger partial charge in [0.2, 0.25) is 0 Å². The molecule has 0 aliphatic carbocycles. The van der Waals surface area contributed by atoms with Gasteiger partial charge in [-0.05, 0) is 13.0 Å². The summed E-state index contributed by atoms with van der Waals surface area (Å²) in [5, 5.41) is 19.7. The maximum atomic E-state index is 9.61. The standard InChI is InChI=1S/C10H10O3S/c1-2-13-6-3-8(11)7-5-10(12)14-9(7)4-6/h3-5,11-12H,2H2,1H3. The van der Waals surface area contributed by atoms with Crippen molar-refractivity contribution < 1.29 is 14.9 Å². The van der Waals surface area contributed by atoms with Gasteiger partial charge >= 0.3 is 0 Å². The first-order chi connectivity index (χ1) is 6.70. The molecular formula is C10H10O3S. The Hall–Kier alpha value is -1.42. The predicted molar refractivity (Wildman–Crippen MR) is 56.3 cm³/mol. The van der Waals surface area contributed by atoms with E-state index in [4.69, 9.17) is 4.74 Å². The van der Waals surface area contributed by atoms with Crippen molar-refractivity contribution in [2.45, 2.75) is 6.92 Å². The lowest BCUT2D eigenvalue weighted by atomic mass is 10.2. The highest BCUT2D eigenvalue weighted by Gasteiger charge is 2.07. The highest BCUT2D eigenvalue weighted by molar-refractivity contribution is 7.20. The van der Waals surface area contributed by atoms with Crippen molar-refractivity contribution in [1.29, 1.82) is 0 Å². The zero-order valence-corrected chi connectivity index (χ0v) is 8.47. The van der Waals surface area contributed by atoms with Gasteiger partial charge in [0, 0.05) is 22.2 Å². The molecule has 0 saturated heterocycles. The van der Waals surface area contributed by atoms with Crippen molar-refractivity contribution in [3.05, 3.63) is 18.2 Å². The molecule has 0 unspecified atom stereocenters. The molecular weight excluding hydrogens is 200 g/mol. The van der Waals surface area contributed by atoms with Crippen LogP contribution in [0.1, 0.15) is 6.92 Å². The van der Waals surface area contributed by atoms with Crippen molar-refractivity contribution in [1.82, 2.24) is 0 Å². The topological polar surface area (TPSA) is 49.7 Å². The molecule has 0 radical (unpaired) electrons. The zero-order valence-electron chi connectivity index (χ0n) is 7.65. The van der Waals surface area contributed by atoms with E-state index in [1.807, 2.05) is 13.0 Å². The van der Waals surface area contributed by atoms with Crippen LogP contribution in [0.4, 0.5) is 0 Å². The molecule has 1 aromatic heterocycles. The number of ether oxygens (including phenoxy) is 1. The normalized spacial score (nSPS) is 10.6. The van der Waals surface area contributed by atoms with Crippen LogP contribution in [0.15, 0.2) is 18.2 Å². The van der Waals surface area contributed by atoms with E-state index in [9.17, 15) is 10.2 Å². The van der Waals surface area contributed by atoms with E-state index in [-0.39, 0.29) is 10.8 Å². The van der Waals surface area contributed by atoms with E-state index in [1.165, 1.54) is 11.3 Å². The number of phenols is 1. The van der Waals surface area contributed by atoms with Crippen molar-refractivity contribution >= 4 is 21.4 Å². The van der Waals surface area contributed by atoms with Gasteiger partial charge < -0.3 is 14.9 Å². The zero-order chi connectivity index (χ0) is 10.1. The molecule has 1 aromatic carbocycles. The number of phenolic OH excluding ortho intramolecular Hbond substituents is 1. The summed E-state index contributed by atoms with van der Waals surface area (Å²) in [5.41, 5.74) is 0. The average molecular weight is 210 g/mol. The minimum Gasteiger partial charge on any atom is -0.507 e. The average Bonchev–Trinajstić information content (AvgIpc) is 2.47. The van der Waals surface area contributed by atoms with Crippen LogP contribution in [0.2, 0.25) is 0 Å². The molecule has 4 heteroatoms. The molecule has 0 aliphatic heterocycles. The Bertz CT molecular complexity index is 462. The van der Waals surface area contributed by atoms with Crippen LogP contribution in [0.5, 0.6) is 16.6 Å². The summed E-state index contributed by atoms with van der Waals surface area (Å²) in [4.78, 5) is 0. The molecule has 0 spiro atoms. The number of fused-ring (bicyclic) bond motifs is 1. The molecule has 0 aliphatic rings. The SMILES string of the molecule is CCOc1cc(O)c2cc(O)sc2c1. The first-order valence-electron chi connectivity index (χ1n) is 4.29. The largest absolute Gasteiger partial charge is 0.507 e. The third kappa shape index (κ3) is 1.48. The first kappa shape index (κ1) is 9.15. The summed E-state index contributed by atoms with van der Waals surface area (Å²) in [7, 11) is 0. The van der Waals surface area contributed by atoms with Crippen LogP contribution in [-0.2, 0) is 0 Å². The number of benzene rings is 1. The van der Waals surface area contributed by atoms with Crippen LogP contribution in [-0.4, -0.2) is 16.8 Å². The van der Waals surface area contributed by atoms with Gasteiger partial charge in [0.15, 0.2) is 5.06 Å². The molecule has 0 amide bonds. The van der Waals surface area contributed by atoms with Gasteiger partial charge in [-0.3, -0.25) is 0 Å². The summed E-state index contributed by atoms with van der Waals surface area (Å²) in [6.07, 6.45) is 0. The number of thiophene rings is 1. The van der Waals surface area contributed by atoms with Crippen LogP contribution in [0.3, 0.4) is 0 Å². The first-order valence-corrected chi connectivity index (χ1v) is 5.10. The molecule has 3 nitrogen and oxygen atoms in total. The predicted octanol–water partition coefficient (Wildman–Crippen LogP) is 2.71. The fourth-order valence-electron chi connectivity index (χ4n) is 1.33. The van der Waals surface area contributed by atoms with Gasteiger partial charge in [-0.1, -0.05) is 11.3 Å². The number of rotatable bonds is 2. The summed E-state index contributed by atoms with van der Waals surface area (Å²) < 4.78 is 6.09. The molecule has 14 heavy (non-hydrogen) atoms. The highest BCUT2D eigenvalue weighted by Crippen LogP contribution is 2.38. The lowest BCUT2D eigenvalue weighted by molar-refractivity contribution is 0.338. The second-order valence-corrected chi connectivity index (χ2v) is 3.93. The van der Waals surface area contributed by atoms with Gasteiger partial charge in [0.25, 0.3) is 0 Å². The van der Waals surface area contributed by atoms with Crippen molar-refractivity contribution in [3.63, 3.8) is 0 Å². The van der Waals surface area contributed by atoms with E-state index in [1.54, 1.807) is 12.1 Å². The molecule has 74 valence electrons. The van der Waals surface area contributed by atoms with Gasteiger partial charge in [-0.15, -0.1) is 0 Å². The lowest BCUT2D eigenvalue weighted by Gasteiger charge is -2.03. The second-order valence-electron chi connectivity index (χ2n) is 2.87. The van der Waals surface area contributed by atoms with Gasteiger partial charge in [-0.25, -0.2) is 0 Å². The molecule has 0 saturated carbocycles. The molecule has 2 rings (SSSR count). The Morgan fingerprint density at radius 3 is 2.79 bits per heavy atom. The summed E-state index contributed by atoms with van der Waals surface area (Å²) in [6.45, 7) is 2.44. The quantitative estimate of drug-likeness (QED) is 0.801. The smallest absolute Gasteiger partial charge is 0.172 e. The molecule has 2 aromatic rings. The van der Waals surface area contributed by atoms with E-state index in [2.05, 4.69) is 0 Å². The van der Waals surface area contributed by atoms with E-state index < -0.39 is 0 Å². The Balaban J connectivity index is 2.59. The number of hydrogen-bond donors (Lipinski definition) is 2. The van der Waals surface area contributed by atoms with E-state index >= 15 is 0 Å². The van der Waals surface area contributed by atoms with Crippen LogP contribution in [0, 0.1) is 0 Å². The van der Waals surface area contributed by atoms with Gasteiger partial charge in [-0.2, -0.15) is 0 Å². The number of hydrogen-bond acceptors (Lipinski definition) is 4. The minimum atomic E-state index is 0.141. The van der Waals surface area contributed by atoms with Gasteiger partial charge in [0.1, 0.15) is 11.5 Å².